The van der Waals surface area contributed by atoms with Crippen LogP contribution < -0.4 is 5.32 Å². The van der Waals surface area contributed by atoms with Crippen LogP contribution in [0.2, 0.25) is 0 Å². The summed E-state index contributed by atoms with van der Waals surface area (Å²) < 4.78 is 11.7. The van der Waals surface area contributed by atoms with E-state index in [-0.39, 0.29) is 11.9 Å². The van der Waals surface area contributed by atoms with Crippen molar-refractivity contribution in [2.45, 2.75) is 6.04 Å². The van der Waals surface area contributed by atoms with Crippen molar-refractivity contribution in [3.8, 4) is 0 Å². The molecule has 1 aromatic heterocycles. The Hall–Kier alpha value is -2.40. The summed E-state index contributed by atoms with van der Waals surface area (Å²) in [6.07, 6.45) is 3.46. The number of carbonyl (C=O) groups is 1. The van der Waals surface area contributed by atoms with Gasteiger partial charge in [-0.25, -0.2) is 0 Å². The van der Waals surface area contributed by atoms with Crippen LogP contribution in [0.4, 0.5) is 0 Å². The maximum Gasteiger partial charge on any atom is 0.253 e. The van der Waals surface area contributed by atoms with Crippen LogP contribution in [0.1, 0.15) is 22.0 Å². The average Bonchev–Trinajstić information content (AvgIpc) is 3.03. The van der Waals surface area contributed by atoms with Crippen molar-refractivity contribution >= 4 is 27.6 Å². The fourth-order valence-corrected chi connectivity index (χ4v) is 3.40. The highest BCUT2D eigenvalue weighted by Gasteiger charge is 2.18. The van der Waals surface area contributed by atoms with Crippen molar-refractivity contribution in [3.05, 3.63) is 71.9 Å². The Balaban J connectivity index is 1.89. The maximum absolute atomic E-state index is 12.7. The Bertz CT molecular complexity index is 842. The first kappa shape index (κ1) is 15.5. The van der Waals surface area contributed by atoms with Gasteiger partial charge in [-0.1, -0.05) is 42.5 Å². The molecule has 3 rings (SSSR count). The molecule has 2 aromatic carbocycles. The lowest BCUT2D eigenvalue weighted by Gasteiger charge is -2.18. The molecule has 2 N–H and O–H groups in total. The Morgan fingerprint density at radius 2 is 1.91 bits per heavy atom. The quantitative estimate of drug-likeness (QED) is 0.757. The van der Waals surface area contributed by atoms with Gasteiger partial charge in [0.15, 0.2) is 0 Å². The van der Waals surface area contributed by atoms with Crippen LogP contribution in [0.15, 0.2) is 60.8 Å². The topological polar surface area (TPSA) is 62.0 Å². The minimum atomic E-state index is -1.01. The maximum atomic E-state index is 12.7. The first-order valence-corrected chi connectivity index (χ1v) is 9.10. The number of aromatic amines is 1. The van der Waals surface area contributed by atoms with Gasteiger partial charge in [0.05, 0.1) is 17.1 Å². The third-order valence-electron chi connectivity index (χ3n) is 3.74. The van der Waals surface area contributed by atoms with E-state index < -0.39 is 10.8 Å². The molecule has 0 aliphatic carbocycles. The van der Waals surface area contributed by atoms with Gasteiger partial charge in [-0.2, -0.15) is 0 Å². The molecule has 4 nitrogen and oxygen atoms in total. The molecular weight excluding hydrogens is 308 g/mol. The summed E-state index contributed by atoms with van der Waals surface area (Å²) in [5.41, 5.74) is 2.36. The normalized spacial score (nSPS) is 13.6. The van der Waals surface area contributed by atoms with Gasteiger partial charge in [0.2, 0.25) is 0 Å². The number of nitrogens with one attached hydrogen (secondary N) is 2. The predicted octanol–water partition coefficient (Wildman–Crippen LogP) is 3.02. The highest BCUT2D eigenvalue weighted by molar-refractivity contribution is 7.84. The smallest absolute Gasteiger partial charge is 0.253 e. The number of benzene rings is 2. The van der Waals surface area contributed by atoms with E-state index in [0.29, 0.717) is 11.3 Å². The molecule has 0 unspecified atom stereocenters. The van der Waals surface area contributed by atoms with Crippen molar-refractivity contribution in [2.24, 2.45) is 0 Å². The van der Waals surface area contributed by atoms with E-state index in [1.165, 1.54) is 0 Å². The molecule has 0 radical (unpaired) electrons. The minimum absolute atomic E-state index is 0.169. The van der Waals surface area contributed by atoms with Crippen molar-refractivity contribution < 1.29 is 9.00 Å². The highest BCUT2D eigenvalue weighted by Crippen LogP contribution is 2.19. The van der Waals surface area contributed by atoms with E-state index >= 15 is 0 Å². The number of rotatable bonds is 5. The number of carbonyl (C=O) groups excluding carboxylic acids is 1. The Morgan fingerprint density at radius 3 is 2.65 bits per heavy atom. The third kappa shape index (κ3) is 3.51. The molecule has 23 heavy (non-hydrogen) atoms. The lowest BCUT2D eigenvalue weighted by Crippen LogP contribution is -2.32. The van der Waals surface area contributed by atoms with E-state index in [2.05, 4.69) is 10.3 Å². The molecule has 5 heteroatoms. The lowest BCUT2D eigenvalue weighted by molar-refractivity contribution is 0.0942. The Labute approximate surface area is 137 Å². The van der Waals surface area contributed by atoms with Crippen LogP contribution in [-0.4, -0.2) is 27.1 Å². The average molecular weight is 326 g/mol. The van der Waals surface area contributed by atoms with Crippen molar-refractivity contribution in [3.63, 3.8) is 0 Å². The van der Waals surface area contributed by atoms with Gasteiger partial charge >= 0.3 is 0 Å². The molecule has 0 fully saturated rings. The number of para-hydroxylation sites is 1. The molecular formula is C18H18N2O2S. The fourth-order valence-electron chi connectivity index (χ4n) is 2.65. The molecule has 0 spiro atoms. The summed E-state index contributed by atoms with van der Waals surface area (Å²) in [6, 6.07) is 16.9. The van der Waals surface area contributed by atoms with E-state index in [1.807, 2.05) is 54.7 Å². The minimum Gasteiger partial charge on any atom is -0.361 e. The number of hydrogen-bond acceptors (Lipinski definition) is 2. The molecule has 0 aliphatic heterocycles. The summed E-state index contributed by atoms with van der Waals surface area (Å²) >= 11 is 0. The van der Waals surface area contributed by atoms with Gasteiger partial charge in [0, 0.05) is 34.4 Å². The van der Waals surface area contributed by atoms with Gasteiger partial charge in [-0.3, -0.25) is 9.00 Å². The van der Waals surface area contributed by atoms with Crippen LogP contribution in [0.5, 0.6) is 0 Å². The zero-order valence-electron chi connectivity index (χ0n) is 12.8. The second-order valence-corrected chi connectivity index (χ2v) is 6.90. The Morgan fingerprint density at radius 1 is 1.13 bits per heavy atom. The second-order valence-electron chi connectivity index (χ2n) is 5.42. The van der Waals surface area contributed by atoms with Crippen LogP contribution in [0.25, 0.3) is 10.9 Å². The number of aromatic nitrogens is 1. The van der Waals surface area contributed by atoms with Crippen LogP contribution in [0.3, 0.4) is 0 Å². The molecule has 1 amide bonds. The molecule has 0 saturated carbocycles. The first-order chi connectivity index (χ1) is 11.1. The molecule has 0 bridgehead atoms. The summed E-state index contributed by atoms with van der Waals surface area (Å²) in [5.74, 6) is 0.216. The second kappa shape index (κ2) is 6.79. The van der Waals surface area contributed by atoms with Crippen molar-refractivity contribution in [1.29, 1.82) is 0 Å². The first-order valence-electron chi connectivity index (χ1n) is 7.37. The number of fused-ring (bicyclic) bond motifs is 1. The lowest BCUT2D eigenvalue weighted by atomic mass is 10.1. The molecule has 0 aliphatic rings. The van der Waals surface area contributed by atoms with Gasteiger partial charge in [0.1, 0.15) is 0 Å². The Kier molecular flexibility index (Phi) is 4.57. The monoisotopic (exact) mass is 326 g/mol. The molecule has 3 aromatic rings. The van der Waals surface area contributed by atoms with Crippen LogP contribution in [-0.2, 0) is 10.8 Å². The van der Waals surface area contributed by atoms with Gasteiger partial charge in [0.25, 0.3) is 5.91 Å². The number of amides is 1. The molecule has 0 saturated heterocycles. The van der Waals surface area contributed by atoms with Crippen LogP contribution >= 0.6 is 0 Å². The number of H-pyrrole nitrogens is 1. The number of hydrogen-bond donors (Lipinski definition) is 2. The van der Waals surface area contributed by atoms with Gasteiger partial charge in [-0.05, 0) is 17.7 Å². The summed E-state index contributed by atoms with van der Waals surface area (Å²) in [6.45, 7) is 0. The zero-order chi connectivity index (χ0) is 16.2. The van der Waals surface area contributed by atoms with E-state index in [4.69, 9.17) is 0 Å². The van der Waals surface area contributed by atoms with E-state index in [0.717, 1.165) is 16.5 Å². The summed E-state index contributed by atoms with van der Waals surface area (Å²) in [5, 5.41) is 4.00. The largest absolute Gasteiger partial charge is 0.361 e. The highest BCUT2D eigenvalue weighted by atomic mass is 32.2. The van der Waals surface area contributed by atoms with Gasteiger partial charge < -0.3 is 10.3 Å². The standard InChI is InChI=1S/C18H18N2O2S/c1-23(22)12-16(13-6-3-2-4-7-13)20-18(21)15-9-5-8-14-10-11-19-17(14)15/h2-11,16,19H,12H2,1H3,(H,20,21)/t16-,23+/m0/s1. The van der Waals surface area contributed by atoms with E-state index in [1.54, 1.807) is 12.3 Å². The van der Waals surface area contributed by atoms with Crippen LogP contribution in [0, 0.1) is 0 Å². The third-order valence-corrected chi connectivity index (χ3v) is 4.54. The summed E-state index contributed by atoms with van der Waals surface area (Å²) in [7, 11) is -1.01. The molecule has 1 heterocycles. The SMILES string of the molecule is C[S@@](=O)C[C@H](NC(=O)c1cccc2cc[nH]c12)c1ccccc1. The molecule has 2 atom stereocenters. The fraction of sp³-hybridized carbons (Fsp3) is 0.167. The van der Waals surface area contributed by atoms with Crippen molar-refractivity contribution in [2.75, 3.05) is 12.0 Å². The predicted molar refractivity (Wildman–Crippen MR) is 93.9 cm³/mol. The summed E-state index contributed by atoms with van der Waals surface area (Å²) in [4.78, 5) is 15.8. The molecule has 118 valence electrons. The zero-order valence-corrected chi connectivity index (χ0v) is 13.6. The van der Waals surface area contributed by atoms with Crippen molar-refractivity contribution in [1.82, 2.24) is 10.3 Å². The van der Waals surface area contributed by atoms with Gasteiger partial charge in [-0.15, -0.1) is 0 Å². The van der Waals surface area contributed by atoms with E-state index in [9.17, 15) is 9.00 Å².